The lowest BCUT2D eigenvalue weighted by molar-refractivity contribution is -0.246. The van der Waals surface area contributed by atoms with Crippen molar-refractivity contribution in [2.45, 2.75) is 17.3 Å². The first-order valence-electron chi connectivity index (χ1n) is 9.35. The first kappa shape index (κ1) is 21.5. The molecule has 3 aromatic rings. The second kappa shape index (κ2) is 7.43. The van der Waals surface area contributed by atoms with Gasteiger partial charge in [0.05, 0.1) is 26.0 Å². The Hall–Kier alpha value is -2.76. The molecule has 2 aromatic carbocycles. The Labute approximate surface area is 175 Å². The van der Waals surface area contributed by atoms with Crippen molar-refractivity contribution in [1.82, 2.24) is 9.78 Å². The number of aliphatic hydroxyl groups excluding tert-OH is 2. The van der Waals surface area contributed by atoms with Gasteiger partial charge in [-0.2, -0.15) is 18.3 Å². The summed E-state index contributed by atoms with van der Waals surface area (Å²) >= 11 is 0. The molecule has 0 spiro atoms. The molecule has 1 atom stereocenters. The van der Waals surface area contributed by atoms with E-state index >= 15 is 0 Å². The number of hydrogen-bond donors (Lipinski definition) is 4. The molecule has 1 aliphatic carbocycles. The van der Waals surface area contributed by atoms with Crippen LogP contribution in [0.15, 0.2) is 54.9 Å². The highest BCUT2D eigenvalue weighted by Gasteiger charge is 2.61. The number of nitrogens with two attached hydrogens (primary N) is 1. The molecular weight excluding hydrogens is 415 g/mol. The first-order valence-corrected chi connectivity index (χ1v) is 9.35. The standard InChI is InChI=1S/C21H20F3N3O4/c22-21(23,24)20(30)16-6-2-1-4-15(16)18-14(5-3-7-17(18)20)13-8-26-27(9-13)19(10-28,11-29)12-31-25/h1-9,28-30H,10-12,25H2/t20-/m1/s1. The van der Waals surface area contributed by atoms with Gasteiger partial charge in [0, 0.05) is 22.9 Å². The Balaban J connectivity index is 1.92. The van der Waals surface area contributed by atoms with Gasteiger partial charge in [0.1, 0.15) is 5.54 Å². The summed E-state index contributed by atoms with van der Waals surface area (Å²) in [5, 5.41) is 34.5. The smallest absolute Gasteiger partial charge is 0.394 e. The minimum absolute atomic E-state index is 0.242. The van der Waals surface area contributed by atoms with Crippen molar-refractivity contribution < 1.29 is 33.3 Å². The van der Waals surface area contributed by atoms with E-state index in [2.05, 4.69) is 9.94 Å². The third-order valence-corrected chi connectivity index (χ3v) is 5.77. The van der Waals surface area contributed by atoms with E-state index in [0.29, 0.717) is 11.1 Å². The van der Waals surface area contributed by atoms with Crippen LogP contribution in [0.5, 0.6) is 0 Å². The van der Waals surface area contributed by atoms with E-state index in [-0.39, 0.29) is 28.9 Å². The molecule has 0 amide bonds. The van der Waals surface area contributed by atoms with Crippen molar-refractivity contribution in [1.29, 1.82) is 0 Å². The van der Waals surface area contributed by atoms with Crippen LogP contribution in [0, 0.1) is 0 Å². The molecule has 1 aromatic heterocycles. The summed E-state index contributed by atoms with van der Waals surface area (Å²) in [5.41, 5.74) is -3.65. The van der Waals surface area contributed by atoms with Crippen LogP contribution in [0.1, 0.15) is 11.1 Å². The van der Waals surface area contributed by atoms with Gasteiger partial charge in [-0.25, -0.2) is 5.90 Å². The molecular formula is C21H20F3N3O4. The van der Waals surface area contributed by atoms with Gasteiger partial charge < -0.3 is 20.2 Å². The summed E-state index contributed by atoms with van der Waals surface area (Å²) < 4.78 is 43.3. The fourth-order valence-corrected chi connectivity index (χ4v) is 4.08. The molecule has 10 heteroatoms. The van der Waals surface area contributed by atoms with Gasteiger partial charge in [0.15, 0.2) is 0 Å². The van der Waals surface area contributed by atoms with E-state index in [9.17, 15) is 28.5 Å². The van der Waals surface area contributed by atoms with Crippen LogP contribution in [0.4, 0.5) is 13.2 Å². The van der Waals surface area contributed by atoms with Gasteiger partial charge in [0.2, 0.25) is 5.60 Å². The summed E-state index contributed by atoms with van der Waals surface area (Å²) in [6, 6.07) is 10.1. The topological polar surface area (TPSA) is 114 Å². The van der Waals surface area contributed by atoms with Gasteiger partial charge in [-0.15, -0.1) is 0 Å². The summed E-state index contributed by atoms with van der Waals surface area (Å²) in [5.74, 6) is 5.12. The van der Waals surface area contributed by atoms with Crippen LogP contribution in [0.2, 0.25) is 0 Å². The highest BCUT2D eigenvalue weighted by molar-refractivity contribution is 5.92. The molecule has 164 valence electrons. The zero-order chi connectivity index (χ0) is 22.4. The van der Waals surface area contributed by atoms with Gasteiger partial charge in [0.25, 0.3) is 0 Å². The molecule has 0 fully saturated rings. The van der Waals surface area contributed by atoms with Crippen molar-refractivity contribution in [2.24, 2.45) is 5.90 Å². The maximum atomic E-state index is 14.0. The molecule has 0 unspecified atom stereocenters. The van der Waals surface area contributed by atoms with E-state index in [0.717, 1.165) is 0 Å². The van der Waals surface area contributed by atoms with Crippen LogP contribution in [-0.4, -0.2) is 51.1 Å². The molecule has 7 nitrogen and oxygen atoms in total. The van der Waals surface area contributed by atoms with Crippen molar-refractivity contribution in [2.75, 3.05) is 19.8 Å². The Bertz CT molecular complexity index is 1110. The van der Waals surface area contributed by atoms with E-state index in [4.69, 9.17) is 5.90 Å². The number of aliphatic hydroxyl groups is 3. The minimum atomic E-state index is -4.93. The molecule has 1 heterocycles. The van der Waals surface area contributed by atoms with Crippen LogP contribution in [0.25, 0.3) is 22.3 Å². The molecule has 0 bridgehead atoms. The number of hydrogen-bond acceptors (Lipinski definition) is 6. The highest BCUT2D eigenvalue weighted by Crippen LogP contribution is 2.57. The molecule has 0 saturated heterocycles. The van der Waals surface area contributed by atoms with Crippen LogP contribution in [0.3, 0.4) is 0 Å². The van der Waals surface area contributed by atoms with Crippen molar-refractivity contribution >= 4 is 0 Å². The molecule has 0 radical (unpaired) electrons. The van der Waals surface area contributed by atoms with Gasteiger partial charge in [-0.1, -0.05) is 42.5 Å². The van der Waals surface area contributed by atoms with Crippen LogP contribution < -0.4 is 5.90 Å². The first-order chi connectivity index (χ1) is 14.7. The number of rotatable bonds is 6. The Morgan fingerprint density at radius 2 is 1.65 bits per heavy atom. The molecule has 4 rings (SSSR count). The van der Waals surface area contributed by atoms with E-state index in [1.807, 2.05) is 0 Å². The number of halogens is 3. The minimum Gasteiger partial charge on any atom is -0.394 e. The average Bonchev–Trinajstić information content (AvgIpc) is 3.35. The maximum Gasteiger partial charge on any atom is 0.425 e. The van der Waals surface area contributed by atoms with E-state index < -0.39 is 30.5 Å². The highest BCUT2D eigenvalue weighted by atomic mass is 19.4. The summed E-state index contributed by atoms with van der Waals surface area (Å²) in [6.45, 7) is -1.32. The normalized spacial score (nSPS) is 18.2. The summed E-state index contributed by atoms with van der Waals surface area (Å²) in [6.07, 6.45) is -2.05. The Morgan fingerprint density at radius 3 is 2.29 bits per heavy atom. The molecule has 1 aliphatic rings. The zero-order valence-corrected chi connectivity index (χ0v) is 16.2. The monoisotopic (exact) mass is 435 g/mol. The predicted molar refractivity (Wildman–Crippen MR) is 104 cm³/mol. The molecule has 5 N–H and O–H groups in total. The lowest BCUT2D eigenvalue weighted by Crippen LogP contribution is -2.46. The average molecular weight is 435 g/mol. The van der Waals surface area contributed by atoms with Crippen molar-refractivity contribution in [3.05, 3.63) is 66.0 Å². The van der Waals surface area contributed by atoms with Gasteiger partial charge in [-0.05, 0) is 16.7 Å². The predicted octanol–water partition coefficient (Wildman–Crippen LogP) is 1.90. The third-order valence-electron chi connectivity index (χ3n) is 5.77. The van der Waals surface area contributed by atoms with Gasteiger partial charge >= 0.3 is 6.18 Å². The Kier molecular flexibility index (Phi) is 5.15. The lowest BCUT2D eigenvalue weighted by atomic mass is 9.89. The number of alkyl halides is 3. The largest absolute Gasteiger partial charge is 0.425 e. The number of nitrogens with zero attached hydrogens (tertiary/aromatic N) is 2. The maximum absolute atomic E-state index is 14.0. The van der Waals surface area contributed by atoms with E-state index in [1.165, 1.54) is 47.4 Å². The molecule has 0 aliphatic heterocycles. The lowest BCUT2D eigenvalue weighted by Gasteiger charge is -2.29. The van der Waals surface area contributed by atoms with E-state index in [1.54, 1.807) is 12.1 Å². The van der Waals surface area contributed by atoms with Gasteiger partial charge in [-0.3, -0.25) is 4.68 Å². The molecule has 31 heavy (non-hydrogen) atoms. The van der Waals surface area contributed by atoms with Crippen molar-refractivity contribution in [3.63, 3.8) is 0 Å². The quantitative estimate of drug-likeness (QED) is 0.440. The molecule has 0 saturated carbocycles. The SMILES string of the molecule is NOCC(CO)(CO)n1cc(-c2cccc3c2-c2ccccc2[C@]3(O)C(F)(F)F)cn1. The second-order valence-electron chi connectivity index (χ2n) is 7.51. The fourth-order valence-electron chi connectivity index (χ4n) is 4.08. The third kappa shape index (κ3) is 2.99. The fraction of sp³-hybridized carbons (Fsp3) is 0.286. The number of fused-ring (bicyclic) bond motifs is 3. The zero-order valence-electron chi connectivity index (χ0n) is 16.2. The number of benzene rings is 2. The van der Waals surface area contributed by atoms with Crippen LogP contribution >= 0.6 is 0 Å². The summed E-state index contributed by atoms with van der Waals surface area (Å²) in [7, 11) is 0. The van der Waals surface area contributed by atoms with Crippen molar-refractivity contribution in [3.8, 4) is 22.3 Å². The number of aromatic nitrogens is 2. The van der Waals surface area contributed by atoms with Crippen LogP contribution in [-0.2, 0) is 16.0 Å². The Morgan fingerprint density at radius 1 is 1.00 bits per heavy atom. The second-order valence-corrected chi connectivity index (χ2v) is 7.51. The summed E-state index contributed by atoms with van der Waals surface area (Å²) in [4.78, 5) is 4.60.